The van der Waals surface area contributed by atoms with E-state index in [2.05, 4.69) is 11.7 Å². The lowest BCUT2D eigenvalue weighted by Gasteiger charge is -2.05. The Morgan fingerprint density at radius 2 is 1.73 bits per heavy atom. The quantitative estimate of drug-likeness (QED) is 0.544. The van der Waals surface area contributed by atoms with E-state index >= 15 is 0 Å². The molecule has 0 saturated heterocycles. The summed E-state index contributed by atoms with van der Waals surface area (Å²) >= 11 is 6.01. The number of halogens is 1. The van der Waals surface area contributed by atoms with Crippen LogP contribution >= 0.6 is 11.6 Å². The third-order valence-corrected chi connectivity index (χ3v) is 5.42. The number of hydrogen-bond donors (Lipinski definition) is 0. The van der Waals surface area contributed by atoms with Crippen molar-refractivity contribution in [2.45, 2.75) is 4.90 Å². The van der Waals surface area contributed by atoms with Crippen molar-refractivity contribution in [3.05, 3.63) is 65.8 Å². The van der Waals surface area contributed by atoms with Gasteiger partial charge in [-0.25, -0.2) is 4.98 Å². The number of hydrogen-bond acceptors (Lipinski definition) is 3. The molecule has 0 saturated carbocycles. The first-order chi connectivity index (χ1) is 10.5. The van der Waals surface area contributed by atoms with E-state index in [4.69, 9.17) is 11.6 Å². The van der Waals surface area contributed by atoms with Crippen molar-refractivity contribution in [1.82, 2.24) is 4.98 Å². The molecule has 0 unspecified atom stereocenters. The number of nitrogens with zero attached hydrogens (tertiary/aromatic N) is 2. The van der Waals surface area contributed by atoms with E-state index in [9.17, 15) is 8.42 Å². The summed E-state index contributed by atoms with van der Waals surface area (Å²) in [5.41, 5.74) is 0.966. The maximum absolute atomic E-state index is 12.7. The van der Waals surface area contributed by atoms with Crippen LogP contribution in [0.4, 0.5) is 5.69 Å². The number of para-hydroxylation sites is 1. The zero-order valence-electron chi connectivity index (χ0n) is 11.5. The molecule has 3 rings (SSSR count). The highest BCUT2D eigenvalue weighted by molar-refractivity contribution is 7.85. The first kappa shape index (κ1) is 14.7. The van der Waals surface area contributed by atoms with Crippen LogP contribution in [-0.4, -0.2) is 24.1 Å². The molecule has 1 heterocycles. The topological polar surface area (TPSA) is 50.0 Å². The Kier molecular flexibility index (Phi) is 3.68. The fourth-order valence-electron chi connectivity index (χ4n) is 2.19. The SMILES string of the molecule is C=[N+](c1cccc2cccnc12)S(=O)(=O)c1ccccc1Cl. The van der Waals surface area contributed by atoms with Crippen LogP contribution in [0, 0.1) is 0 Å². The molecule has 3 aromatic rings. The molecule has 0 fully saturated rings. The zero-order chi connectivity index (χ0) is 15.7. The fourth-order valence-corrected chi connectivity index (χ4v) is 3.83. The molecule has 0 amide bonds. The summed E-state index contributed by atoms with van der Waals surface area (Å²) in [5.74, 6) is 0. The Balaban J connectivity index is 2.20. The number of sulfonamides is 1. The maximum atomic E-state index is 12.7. The van der Waals surface area contributed by atoms with Crippen LogP contribution in [0.5, 0.6) is 0 Å². The molecule has 1 aromatic heterocycles. The lowest BCUT2D eigenvalue weighted by molar-refractivity contribution is -0.247. The highest BCUT2D eigenvalue weighted by Gasteiger charge is 2.31. The van der Waals surface area contributed by atoms with Crippen LogP contribution in [0.3, 0.4) is 0 Å². The van der Waals surface area contributed by atoms with Gasteiger partial charge in [0.25, 0.3) is 0 Å². The van der Waals surface area contributed by atoms with Gasteiger partial charge in [0.15, 0.2) is 11.6 Å². The molecular formula is C16H12ClN2O2S+. The second kappa shape index (κ2) is 5.51. The van der Waals surface area contributed by atoms with Crippen LogP contribution in [0.2, 0.25) is 5.02 Å². The normalized spacial score (nSPS) is 11.5. The molecule has 22 heavy (non-hydrogen) atoms. The third-order valence-electron chi connectivity index (χ3n) is 3.28. The standard InChI is InChI=1S/C16H12ClN2O2S/c1-19(22(20,21)15-10-3-2-8-13(15)17)14-9-4-6-12-7-5-11-18-16(12)14/h2-11H,1H2/q+1. The van der Waals surface area contributed by atoms with E-state index in [1.54, 1.807) is 36.5 Å². The number of fused-ring (bicyclic) bond motifs is 1. The zero-order valence-corrected chi connectivity index (χ0v) is 13.1. The van der Waals surface area contributed by atoms with Crippen LogP contribution in [0.25, 0.3) is 10.9 Å². The minimum atomic E-state index is -3.86. The molecule has 0 bridgehead atoms. The number of aromatic nitrogens is 1. The second-order valence-corrected chi connectivity index (χ2v) is 6.87. The Hall–Kier alpha value is -2.24. The van der Waals surface area contributed by atoms with Gasteiger partial charge in [0, 0.05) is 17.6 Å². The van der Waals surface area contributed by atoms with Crippen molar-refractivity contribution in [3.63, 3.8) is 0 Å². The van der Waals surface area contributed by atoms with E-state index in [-0.39, 0.29) is 9.92 Å². The van der Waals surface area contributed by atoms with Gasteiger partial charge in [-0.15, -0.1) is 0 Å². The Labute approximate surface area is 133 Å². The van der Waals surface area contributed by atoms with Gasteiger partial charge in [0.05, 0.1) is 5.02 Å². The van der Waals surface area contributed by atoms with Gasteiger partial charge in [-0.1, -0.05) is 45.9 Å². The minimum Gasteiger partial charge on any atom is -0.249 e. The highest BCUT2D eigenvalue weighted by Crippen LogP contribution is 2.29. The maximum Gasteiger partial charge on any atom is 0.401 e. The molecular weight excluding hydrogens is 320 g/mol. The molecule has 0 radical (unpaired) electrons. The summed E-state index contributed by atoms with van der Waals surface area (Å²) < 4.78 is 26.5. The van der Waals surface area contributed by atoms with Crippen LogP contribution in [-0.2, 0) is 10.0 Å². The van der Waals surface area contributed by atoms with E-state index in [0.29, 0.717) is 11.2 Å². The van der Waals surface area contributed by atoms with E-state index in [1.165, 1.54) is 12.1 Å². The summed E-state index contributed by atoms with van der Waals surface area (Å²) in [4.78, 5) is 4.27. The van der Waals surface area contributed by atoms with Crippen molar-refractivity contribution >= 4 is 44.9 Å². The van der Waals surface area contributed by atoms with Gasteiger partial charge >= 0.3 is 10.0 Å². The molecule has 0 aliphatic heterocycles. The molecule has 0 spiro atoms. The van der Waals surface area contributed by atoms with E-state index in [0.717, 1.165) is 9.37 Å². The first-order valence-electron chi connectivity index (χ1n) is 6.46. The lowest BCUT2D eigenvalue weighted by Crippen LogP contribution is -2.16. The average Bonchev–Trinajstić information content (AvgIpc) is 2.54. The Bertz CT molecular complexity index is 979. The molecule has 0 N–H and O–H groups in total. The van der Waals surface area contributed by atoms with Crippen molar-refractivity contribution in [2.75, 3.05) is 0 Å². The summed E-state index contributed by atoms with van der Waals surface area (Å²) in [7, 11) is -3.86. The van der Waals surface area contributed by atoms with Crippen LogP contribution in [0.1, 0.15) is 0 Å². The summed E-state index contributed by atoms with van der Waals surface area (Å²) in [6.07, 6.45) is 1.61. The van der Waals surface area contributed by atoms with Crippen molar-refractivity contribution in [1.29, 1.82) is 0 Å². The van der Waals surface area contributed by atoms with E-state index < -0.39 is 10.0 Å². The second-order valence-electron chi connectivity index (χ2n) is 4.64. The molecule has 0 atom stereocenters. The van der Waals surface area contributed by atoms with E-state index in [1.807, 2.05) is 12.1 Å². The van der Waals surface area contributed by atoms with Gasteiger partial charge < -0.3 is 0 Å². The molecule has 0 aliphatic rings. The Morgan fingerprint density at radius 3 is 2.50 bits per heavy atom. The van der Waals surface area contributed by atoms with Gasteiger partial charge in [-0.2, -0.15) is 8.42 Å². The lowest BCUT2D eigenvalue weighted by atomic mass is 10.2. The van der Waals surface area contributed by atoms with Gasteiger partial charge in [0.1, 0.15) is 5.52 Å². The molecule has 110 valence electrons. The Morgan fingerprint density at radius 1 is 1.00 bits per heavy atom. The van der Waals surface area contributed by atoms with Crippen molar-refractivity contribution < 1.29 is 12.4 Å². The molecule has 6 heteroatoms. The van der Waals surface area contributed by atoms with Gasteiger partial charge in [0.2, 0.25) is 5.69 Å². The molecule has 4 nitrogen and oxygen atoms in total. The number of pyridine rings is 1. The summed E-state index contributed by atoms with van der Waals surface area (Å²) in [6.45, 7) is 3.69. The van der Waals surface area contributed by atoms with Crippen molar-refractivity contribution in [3.8, 4) is 0 Å². The average molecular weight is 332 g/mol. The third kappa shape index (κ3) is 2.38. The van der Waals surface area contributed by atoms with Crippen molar-refractivity contribution in [2.24, 2.45) is 0 Å². The number of rotatable bonds is 3. The van der Waals surface area contributed by atoms with Gasteiger partial charge in [-0.05, 0) is 18.2 Å². The molecule has 2 aromatic carbocycles. The molecule has 0 aliphatic carbocycles. The van der Waals surface area contributed by atoms with Crippen LogP contribution in [0.15, 0.2) is 65.7 Å². The smallest absolute Gasteiger partial charge is 0.249 e. The highest BCUT2D eigenvalue weighted by atomic mass is 35.5. The van der Waals surface area contributed by atoms with Crippen LogP contribution < -0.4 is 0 Å². The van der Waals surface area contributed by atoms with Gasteiger partial charge in [-0.3, -0.25) is 0 Å². The predicted molar refractivity (Wildman–Crippen MR) is 87.4 cm³/mol. The predicted octanol–water partition coefficient (Wildman–Crippen LogP) is 3.62. The minimum absolute atomic E-state index is 0.0135. The number of benzene rings is 2. The summed E-state index contributed by atoms with van der Waals surface area (Å²) in [6, 6.07) is 15.2. The fraction of sp³-hybridized carbons (Fsp3) is 0. The summed E-state index contributed by atoms with van der Waals surface area (Å²) in [5, 5.41) is 0.993. The monoisotopic (exact) mass is 331 g/mol. The first-order valence-corrected chi connectivity index (χ1v) is 8.28. The largest absolute Gasteiger partial charge is 0.401 e.